The van der Waals surface area contributed by atoms with Crippen molar-refractivity contribution in [3.8, 4) is 0 Å². The molecular weight excluding hydrogens is 228 g/mol. The highest BCUT2D eigenvalue weighted by atomic mass is 16.3. The molecule has 3 rings (SSSR count). The average Bonchev–Trinajstić information content (AvgIpc) is 2.77. The third-order valence-corrected chi connectivity index (χ3v) is 3.73. The molecule has 1 saturated carbocycles. The number of para-hydroxylation sites is 2. The van der Waals surface area contributed by atoms with Gasteiger partial charge in [-0.05, 0) is 38.3 Å². The Balaban J connectivity index is 2.32. The second kappa shape index (κ2) is 4.21. The van der Waals surface area contributed by atoms with Crippen LogP contribution in [0.1, 0.15) is 31.0 Å². The van der Waals surface area contributed by atoms with Crippen molar-refractivity contribution in [2.45, 2.75) is 38.3 Å². The molecule has 4 heteroatoms. The van der Waals surface area contributed by atoms with Crippen LogP contribution < -0.4 is 5.56 Å². The second-order valence-corrected chi connectivity index (χ2v) is 4.93. The summed E-state index contributed by atoms with van der Waals surface area (Å²) >= 11 is 0. The highest BCUT2D eigenvalue weighted by Gasteiger charge is 2.29. The Hall–Kier alpha value is -1.68. The van der Waals surface area contributed by atoms with Crippen molar-refractivity contribution in [2.75, 3.05) is 0 Å². The van der Waals surface area contributed by atoms with Gasteiger partial charge in [-0.15, -0.1) is 0 Å². The van der Waals surface area contributed by atoms with Gasteiger partial charge in [0.25, 0.3) is 5.56 Å². The average molecular weight is 244 g/mol. The molecule has 0 unspecified atom stereocenters. The van der Waals surface area contributed by atoms with Gasteiger partial charge in [-0.25, -0.2) is 4.98 Å². The Bertz CT molecular complexity index is 648. The molecule has 0 spiro atoms. The summed E-state index contributed by atoms with van der Waals surface area (Å²) in [5.41, 5.74) is 2.04. The van der Waals surface area contributed by atoms with Gasteiger partial charge in [0.2, 0.25) is 0 Å². The van der Waals surface area contributed by atoms with Crippen LogP contribution in [-0.2, 0) is 0 Å². The number of hydrogen-bond acceptors (Lipinski definition) is 3. The van der Waals surface area contributed by atoms with Gasteiger partial charge in [0.05, 0.1) is 23.2 Å². The summed E-state index contributed by atoms with van der Waals surface area (Å²) in [6, 6.07) is 7.50. The van der Waals surface area contributed by atoms with E-state index in [0.29, 0.717) is 5.69 Å². The Morgan fingerprint density at radius 2 is 2.11 bits per heavy atom. The van der Waals surface area contributed by atoms with Gasteiger partial charge >= 0.3 is 0 Å². The standard InChI is InChI=1S/C14H16N2O2/c1-9-14(18)16(12-7-4-8-13(12)17)11-6-3-2-5-10(11)15-9/h2-3,5-6,12-13,17H,4,7-8H2,1H3/t12-,13-/m0/s1. The second-order valence-electron chi connectivity index (χ2n) is 4.93. The molecule has 1 aromatic heterocycles. The Kier molecular flexibility index (Phi) is 2.67. The number of nitrogens with zero attached hydrogens (tertiary/aromatic N) is 2. The lowest BCUT2D eigenvalue weighted by atomic mass is 10.1. The maximum absolute atomic E-state index is 12.3. The molecule has 0 amide bonds. The molecule has 1 aliphatic carbocycles. The van der Waals surface area contributed by atoms with E-state index in [1.165, 1.54) is 0 Å². The van der Waals surface area contributed by atoms with Crippen molar-refractivity contribution in [3.63, 3.8) is 0 Å². The number of benzene rings is 1. The number of hydrogen-bond donors (Lipinski definition) is 1. The molecule has 2 aromatic rings. The van der Waals surface area contributed by atoms with E-state index in [2.05, 4.69) is 4.98 Å². The fourth-order valence-electron chi connectivity index (χ4n) is 2.83. The zero-order valence-electron chi connectivity index (χ0n) is 10.3. The van der Waals surface area contributed by atoms with Gasteiger partial charge in [-0.2, -0.15) is 0 Å². The highest BCUT2D eigenvalue weighted by Crippen LogP contribution is 2.30. The van der Waals surface area contributed by atoms with E-state index >= 15 is 0 Å². The van der Waals surface area contributed by atoms with Crippen LogP contribution in [0.3, 0.4) is 0 Å². The minimum atomic E-state index is -0.423. The number of aliphatic hydroxyl groups excluding tert-OH is 1. The molecule has 4 nitrogen and oxygen atoms in total. The first-order valence-corrected chi connectivity index (χ1v) is 6.34. The maximum Gasteiger partial charge on any atom is 0.272 e. The molecule has 0 bridgehead atoms. The van der Waals surface area contributed by atoms with E-state index < -0.39 is 6.10 Å². The molecular formula is C14H16N2O2. The predicted molar refractivity (Wildman–Crippen MR) is 69.6 cm³/mol. The van der Waals surface area contributed by atoms with Crippen molar-refractivity contribution in [1.29, 1.82) is 0 Å². The van der Waals surface area contributed by atoms with Crippen LogP contribution >= 0.6 is 0 Å². The molecule has 18 heavy (non-hydrogen) atoms. The van der Waals surface area contributed by atoms with Gasteiger partial charge in [0.15, 0.2) is 0 Å². The molecule has 0 radical (unpaired) electrons. The quantitative estimate of drug-likeness (QED) is 0.832. The third kappa shape index (κ3) is 1.64. The summed E-state index contributed by atoms with van der Waals surface area (Å²) in [5.74, 6) is 0. The van der Waals surface area contributed by atoms with E-state index in [-0.39, 0.29) is 11.6 Å². The zero-order valence-corrected chi connectivity index (χ0v) is 10.3. The predicted octanol–water partition coefficient (Wildman–Crippen LogP) is 1.79. The van der Waals surface area contributed by atoms with Gasteiger partial charge < -0.3 is 5.11 Å². The number of rotatable bonds is 1. The Labute approximate surface area is 105 Å². The summed E-state index contributed by atoms with van der Waals surface area (Å²) < 4.78 is 1.73. The number of aromatic nitrogens is 2. The van der Waals surface area contributed by atoms with Crippen molar-refractivity contribution in [2.24, 2.45) is 0 Å². The lowest BCUT2D eigenvalue weighted by Crippen LogP contribution is -2.31. The first kappa shape index (κ1) is 11.4. The van der Waals surface area contributed by atoms with Crippen LogP contribution in [0.25, 0.3) is 11.0 Å². The van der Waals surface area contributed by atoms with Crippen molar-refractivity contribution in [3.05, 3.63) is 40.3 Å². The summed E-state index contributed by atoms with van der Waals surface area (Å²) in [4.78, 5) is 16.6. The lowest BCUT2D eigenvalue weighted by molar-refractivity contribution is 0.136. The molecule has 1 fully saturated rings. The van der Waals surface area contributed by atoms with Crippen LogP contribution in [-0.4, -0.2) is 20.8 Å². The van der Waals surface area contributed by atoms with Gasteiger partial charge in [-0.3, -0.25) is 9.36 Å². The summed E-state index contributed by atoms with van der Waals surface area (Å²) in [6.07, 6.45) is 2.17. The van der Waals surface area contributed by atoms with E-state index in [9.17, 15) is 9.90 Å². The zero-order chi connectivity index (χ0) is 12.7. The van der Waals surface area contributed by atoms with Gasteiger partial charge in [0.1, 0.15) is 5.69 Å². The Morgan fingerprint density at radius 3 is 2.83 bits per heavy atom. The van der Waals surface area contributed by atoms with Crippen LogP contribution in [0.2, 0.25) is 0 Å². The van der Waals surface area contributed by atoms with Crippen LogP contribution in [0.5, 0.6) is 0 Å². The maximum atomic E-state index is 12.3. The van der Waals surface area contributed by atoms with Crippen molar-refractivity contribution in [1.82, 2.24) is 9.55 Å². The summed E-state index contributed by atoms with van der Waals surface area (Å²) in [6.45, 7) is 1.73. The van der Waals surface area contributed by atoms with Crippen LogP contribution in [0.15, 0.2) is 29.1 Å². The number of fused-ring (bicyclic) bond motifs is 1. The van der Waals surface area contributed by atoms with Crippen LogP contribution in [0, 0.1) is 6.92 Å². The summed E-state index contributed by atoms with van der Waals surface area (Å²) in [7, 11) is 0. The number of aryl methyl sites for hydroxylation is 1. The molecule has 1 aliphatic rings. The van der Waals surface area contributed by atoms with E-state index in [0.717, 1.165) is 30.3 Å². The minimum Gasteiger partial charge on any atom is -0.391 e. The van der Waals surface area contributed by atoms with Crippen molar-refractivity contribution >= 4 is 11.0 Å². The molecule has 94 valence electrons. The largest absolute Gasteiger partial charge is 0.391 e. The lowest BCUT2D eigenvalue weighted by Gasteiger charge is -2.20. The molecule has 1 aromatic carbocycles. The molecule has 2 atom stereocenters. The minimum absolute atomic E-state index is 0.0837. The molecule has 1 N–H and O–H groups in total. The first-order valence-electron chi connectivity index (χ1n) is 6.34. The molecule has 1 heterocycles. The normalized spacial score (nSPS) is 23.7. The van der Waals surface area contributed by atoms with Crippen molar-refractivity contribution < 1.29 is 5.11 Å². The van der Waals surface area contributed by atoms with E-state index in [4.69, 9.17) is 0 Å². The van der Waals surface area contributed by atoms with Gasteiger partial charge in [0, 0.05) is 0 Å². The monoisotopic (exact) mass is 244 g/mol. The third-order valence-electron chi connectivity index (χ3n) is 3.73. The SMILES string of the molecule is Cc1nc2ccccc2n([C@H]2CCC[C@@H]2O)c1=O. The summed E-state index contributed by atoms with van der Waals surface area (Å²) in [5, 5.41) is 10.0. The molecule has 0 aliphatic heterocycles. The van der Waals surface area contributed by atoms with Crippen LogP contribution in [0.4, 0.5) is 0 Å². The first-order chi connectivity index (χ1) is 8.68. The Morgan fingerprint density at radius 1 is 1.33 bits per heavy atom. The number of aliphatic hydroxyl groups is 1. The molecule has 0 saturated heterocycles. The van der Waals surface area contributed by atoms with E-state index in [1.807, 2.05) is 24.3 Å². The fourth-order valence-corrected chi connectivity index (χ4v) is 2.83. The van der Waals surface area contributed by atoms with E-state index in [1.54, 1.807) is 11.5 Å². The topological polar surface area (TPSA) is 55.1 Å². The van der Waals surface area contributed by atoms with Gasteiger partial charge in [-0.1, -0.05) is 12.1 Å². The smallest absolute Gasteiger partial charge is 0.272 e. The fraction of sp³-hybridized carbons (Fsp3) is 0.429. The highest BCUT2D eigenvalue weighted by molar-refractivity contribution is 5.74.